The molecule has 0 aromatic carbocycles. The summed E-state index contributed by atoms with van der Waals surface area (Å²) < 4.78 is 5.11. The lowest BCUT2D eigenvalue weighted by Crippen LogP contribution is -2.12. The molecule has 2 aliphatic carbocycles. The second kappa shape index (κ2) is 3.14. The highest BCUT2D eigenvalue weighted by atomic mass is 16.5. The Labute approximate surface area is 69.1 Å². The molecule has 0 amide bonds. The van der Waals surface area contributed by atoms with Gasteiger partial charge in [0.2, 0.25) is 0 Å². The Morgan fingerprint density at radius 1 is 1.27 bits per heavy atom. The van der Waals surface area contributed by atoms with Crippen LogP contribution in [0.15, 0.2) is 0 Å². The zero-order valence-corrected chi connectivity index (χ0v) is 7.38. The van der Waals surface area contributed by atoms with E-state index in [4.69, 9.17) is 4.74 Å². The van der Waals surface area contributed by atoms with E-state index in [1.54, 1.807) is 0 Å². The molecule has 2 aliphatic rings. The molecule has 2 saturated carbocycles. The first-order valence-electron chi connectivity index (χ1n) is 4.89. The van der Waals surface area contributed by atoms with Crippen LogP contribution in [0.25, 0.3) is 0 Å². The molecule has 0 heterocycles. The lowest BCUT2D eigenvalue weighted by molar-refractivity contribution is 0.160. The number of ether oxygens (including phenoxy) is 1. The average Bonchev–Trinajstić information content (AvgIpc) is 2.60. The van der Waals surface area contributed by atoms with Crippen LogP contribution in [-0.2, 0) is 4.74 Å². The molecular formula is C10H18O. The van der Waals surface area contributed by atoms with Gasteiger partial charge in [-0.2, -0.15) is 0 Å². The smallest absolute Gasteiger partial charge is 0.0465 e. The fraction of sp³-hybridized carbons (Fsp3) is 1.00. The van der Waals surface area contributed by atoms with Gasteiger partial charge < -0.3 is 4.74 Å². The van der Waals surface area contributed by atoms with Crippen molar-refractivity contribution in [2.45, 2.75) is 32.1 Å². The van der Waals surface area contributed by atoms with Crippen LogP contribution >= 0.6 is 0 Å². The molecule has 0 spiro atoms. The maximum atomic E-state index is 5.11. The van der Waals surface area contributed by atoms with Gasteiger partial charge in [-0.3, -0.25) is 0 Å². The summed E-state index contributed by atoms with van der Waals surface area (Å²) in [4.78, 5) is 0. The second-order valence-corrected chi connectivity index (χ2v) is 4.22. The molecule has 0 N–H and O–H groups in total. The van der Waals surface area contributed by atoms with Gasteiger partial charge >= 0.3 is 0 Å². The van der Waals surface area contributed by atoms with E-state index >= 15 is 0 Å². The first-order valence-corrected chi connectivity index (χ1v) is 4.89. The monoisotopic (exact) mass is 154 g/mol. The molecule has 0 aliphatic heterocycles. The Morgan fingerprint density at radius 3 is 2.73 bits per heavy atom. The van der Waals surface area contributed by atoms with Crippen molar-refractivity contribution in [2.24, 2.45) is 17.8 Å². The second-order valence-electron chi connectivity index (χ2n) is 4.22. The molecular weight excluding hydrogens is 136 g/mol. The van der Waals surface area contributed by atoms with Crippen molar-refractivity contribution in [3.63, 3.8) is 0 Å². The number of rotatable bonds is 3. The van der Waals surface area contributed by atoms with Gasteiger partial charge in [-0.25, -0.2) is 0 Å². The van der Waals surface area contributed by atoms with Crippen LogP contribution in [0, 0.1) is 17.8 Å². The van der Waals surface area contributed by atoms with E-state index in [0.29, 0.717) is 0 Å². The van der Waals surface area contributed by atoms with Crippen molar-refractivity contribution in [3.8, 4) is 0 Å². The Kier molecular flexibility index (Phi) is 2.17. The van der Waals surface area contributed by atoms with Gasteiger partial charge in [0.05, 0.1) is 0 Å². The molecule has 3 atom stereocenters. The van der Waals surface area contributed by atoms with Crippen LogP contribution in [-0.4, -0.2) is 13.7 Å². The molecule has 64 valence electrons. The van der Waals surface area contributed by atoms with Crippen LogP contribution in [0.3, 0.4) is 0 Å². The molecule has 1 nitrogen and oxygen atoms in total. The molecule has 0 radical (unpaired) electrons. The quantitative estimate of drug-likeness (QED) is 0.606. The highest BCUT2D eigenvalue weighted by Gasteiger charge is 2.38. The third kappa shape index (κ3) is 1.44. The summed E-state index contributed by atoms with van der Waals surface area (Å²) in [6.45, 7) is 0.980. The number of fused-ring (bicyclic) bond motifs is 2. The predicted octanol–water partition coefficient (Wildman–Crippen LogP) is 2.46. The Bertz CT molecular complexity index is 133. The van der Waals surface area contributed by atoms with Crippen molar-refractivity contribution < 1.29 is 4.74 Å². The van der Waals surface area contributed by atoms with E-state index in [1.165, 1.54) is 32.1 Å². The highest BCUT2D eigenvalue weighted by Crippen LogP contribution is 2.49. The third-order valence-electron chi connectivity index (χ3n) is 3.58. The van der Waals surface area contributed by atoms with Crippen LogP contribution in [0.2, 0.25) is 0 Å². The maximum Gasteiger partial charge on any atom is 0.0465 e. The molecule has 1 heteroatoms. The van der Waals surface area contributed by atoms with Gasteiger partial charge in [0.25, 0.3) is 0 Å². The van der Waals surface area contributed by atoms with E-state index in [0.717, 1.165) is 24.4 Å². The first kappa shape index (κ1) is 7.60. The van der Waals surface area contributed by atoms with Gasteiger partial charge in [0, 0.05) is 13.7 Å². The van der Waals surface area contributed by atoms with E-state index in [2.05, 4.69) is 0 Å². The van der Waals surface area contributed by atoms with Gasteiger partial charge in [-0.05, 0) is 43.4 Å². The lowest BCUT2D eigenvalue weighted by Gasteiger charge is -2.20. The molecule has 3 unspecified atom stereocenters. The summed E-state index contributed by atoms with van der Waals surface area (Å²) >= 11 is 0. The summed E-state index contributed by atoms with van der Waals surface area (Å²) in [5, 5.41) is 0. The zero-order valence-electron chi connectivity index (χ0n) is 7.38. The minimum Gasteiger partial charge on any atom is -0.385 e. The normalized spacial score (nSPS) is 41.7. The largest absolute Gasteiger partial charge is 0.385 e. The van der Waals surface area contributed by atoms with Gasteiger partial charge in [-0.15, -0.1) is 0 Å². The Morgan fingerprint density at radius 2 is 2.18 bits per heavy atom. The minimum absolute atomic E-state index is 0.980. The summed E-state index contributed by atoms with van der Waals surface area (Å²) in [5.74, 6) is 3.20. The topological polar surface area (TPSA) is 9.23 Å². The zero-order chi connectivity index (χ0) is 7.68. The third-order valence-corrected chi connectivity index (χ3v) is 3.58. The maximum absolute atomic E-state index is 5.11. The lowest BCUT2D eigenvalue weighted by atomic mass is 9.87. The van der Waals surface area contributed by atoms with E-state index in [1.807, 2.05) is 7.11 Å². The molecule has 11 heavy (non-hydrogen) atoms. The van der Waals surface area contributed by atoms with E-state index in [9.17, 15) is 0 Å². The molecule has 0 aromatic heterocycles. The highest BCUT2D eigenvalue weighted by molar-refractivity contribution is 4.89. The van der Waals surface area contributed by atoms with Crippen LogP contribution in [0.5, 0.6) is 0 Å². The minimum atomic E-state index is 0.980. The number of hydrogen-bond acceptors (Lipinski definition) is 1. The van der Waals surface area contributed by atoms with Crippen LogP contribution < -0.4 is 0 Å². The van der Waals surface area contributed by atoms with Crippen molar-refractivity contribution in [1.29, 1.82) is 0 Å². The molecule has 2 rings (SSSR count). The standard InChI is InChI=1S/C10H18O/c1-11-5-4-10-7-8-2-3-9(10)6-8/h8-10H,2-7H2,1H3. The SMILES string of the molecule is COCCC1CC2CCC1C2. The summed E-state index contributed by atoms with van der Waals surface area (Å²) in [6, 6.07) is 0. The molecule has 0 aromatic rings. The van der Waals surface area contributed by atoms with Crippen molar-refractivity contribution in [1.82, 2.24) is 0 Å². The summed E-state index contributed by atoms with van der Waals surface area (Å²) in [6.07, 6.45) is 7.40. The van der Waals surface area contributed by atoms with Crippen molar-refractivity contribution in [3.05, 3.63) is 0 Å². The van der Waals surface area contributed by atoms with Crippen LogP contribution in [0.4, 0.5) is 0 Å². The van der Waals surface area contributed by atoms with Crippen molar-refractivity contribution >= 4 is 0 Å². The Balaban J connectivity index is 1.78. The van der Waals surface area contributed by atoms with Gasteiger partial charge in [-0.1, -0.05) is 6.42 Å². The molecule has 2 fully saturated rings. The molecule has 2 bridgehead atoms. The van der Waals surface area contributed by atoms with Crippen LogP contribution in [0.1, 0.15) is 32.1 Å². The summed E-state index contributed by atoms with van der Waals surface area (Å²) in [5.41, 5.74) is 0. The van der Waals surface area contributed by atoms with E-state index < -0.39 is 0 Å². The van der Waals surface area contributed by atoms with Crippen molar-refractivity contribution in [2.75, 3.05) is 13.7 Å². The summed E-state index contributed by atoms with van der Waals surface area (Å²) in [7, 11) is 1.81. The number of methoxy groups -OCH3 is 1. The fourth-order valence-corrected chi connectivity index (χ4v) is 3.00. The number of hydrogen-bond donors (Lipinski definition) is 0. The predicted molar refractivity (Wildman–Crippen MR) is 45.4 cm³/mol. The fourth-order valence-electron chi connectivity index (χ4n) is 3.00. The first-order chi connectivity index (χ1) is 5.40. The Hall–Kier alpha value is -0.0400. The van der Waals surface area contributed by atoms with Gasteiger partial charge in [0.15, 0.2) is 0 Å². The average molecular weight is 154 g/mol. The van der Waals surface area contributed by atoms with Gasteiger partial charge in [0.1, 0.15) is 0 Å². The van der Waals surface area contributed by atoms with E-state index in [-0.39, 0.29) is 0 Å². The molecule has 0 saturated heterocycles.